The van der Waals surface area contributed by atoms with Crippen LogP contribution in [0.4, 0.5) is 10.9 Å². The molecule has 0 aromatic carbocycles. The lowest BCUT2D eigenvalue weighted by atomic mass is 10.4. The van der Waals surface area contributed by atoms with Crippen molar-refractivity contribution in [1.29, 1.82) is 0 Å². The lowest BCUT2D eigenvalue weighted by Gasteiger charge is -2.03. The molecule has 2 heterocycles. The molecule has 0 aliphatic rings. The summed E-state index contributed by atoms with van der Waals surface area (Å²) >= 11 is 10.9. The van der Waals surface area contributed by atoms with Gasteiger partial charge in [0.2, 0.25) is 0 Å². The maximum atomic E-state index is 6.05. The quantitative estimate of drug-likeness (QED) is 0.896. The van der Waals surface area contributed by atoms with E-state index in [1.165, 1.54) is 4.88 Å². The van der Waals surface area contributed by atoms with Gasteiger partial charge in [0.05, 0.1) is 10.7 Å². The molecule has 0 amide bonds. The minimum Gasteiger partial charge on any atom is -0.315 e. The molecule has 3 nitrogen and oxygen atoms in total. The SMILES string of the molecule is Cc1nc(Nc2ncc(Br)cc2Cl)sc1C. The van der Waals surface area contributed by atoms with E-state index in [-0.39, 0.29) is 0 Å². The predicted octanol–water partition coefficient (Wildman–Crippen LogP) is 4.31. The number of anilines is 2. The standard InChI is InChI=1S/C10H9BrClN3S/c1-5-6(2)16-10(14-5)15-9-8(12)3-7(11)4-13-9/h3-4H,1-2H3,(H,13,14,15). The molecule has 0 unspecified atom stereocenters. The third-order valence-corrected chi connectivity index (χ3v) is 3.77. The minimum absolute atomic E-state index is 0.569. The van der Waals surface area contributed by atoms with Crippen LogP contribution in [0, 0.1) is 13.8 Å². The van der Waals surface area contributed by atoms with E-state index in [4.69, 9.17) is 11.6 Å². The Balaban J connectivity index is 2.27. The van der Waals surface area contributed by atoms with Crippen molar-refractivity contribution in [2.24, 2.45) is 0 Å². The highest BCUT2D eigenvalue weighted by atomic mass is 79.9. The zero-order chi connectivity index (χ0) is 11.7. The highest BCUT2D eigenvalue weighted by molar-refractivity contribution is 9.10. The second-order valence-electron chi connectivity index (χ2n) is 3.27. The van der Waals surface area contributed by atoms with Gasteiger partial charge in [-0.1, -0.05) is 11.6 Å². The Hall–Kier alpha value is -0.650. The van der Waals surface area contributed by atoms with E-state index in [1.807, 2.05) is 13.8 Å². The van der Waals surface area contributed by atoms with Crippen LogP contribution in [0.3, 0.4) is 0 Å². The van der Waals surface area contributed by atoms with E-state index >= 15 is 0 Å². The molecule has 0 aliphatic heterocycles. The van der Waals surface area contributed by atoms with Gasteiger partial charge in [-0.25, -0.2) is 9.97 Å². The van der Waals surface area contributed by atoms with E-state index in [0.29, 0.717) is 10.8 Å². The Kier molecular flexibility index (Phi) is 3.47. The zero-order valence-electron chi connectivity index (χ0n) is 8.71. The van der Waals surface area contributed by atoms with Crippen molar-refractivity contribution < 1.29 is 0 Å². The number of hydrogen-bond donors (Lipinski definition) is 1. The van der Waals surface area contributed by atoms with Gasteiger partial charge in [0.25, 0.3) is 0 Å². The number of aryl methyl sites for hydroxylation is 2. The normalized spacial score (nSPS) is 10.5. The van der Waals surface area contributed by atoms with E-state index in [1.54, 1.807) is 23.6 Å². The van der Waals surface area contributed by atoms with Crippen LogP contribution < -0.4 is 5.32 Å². The highest BCUT2D eigenvalue weighted by Crippen LogP contribution is 2.28. The first-order valence-electron chi connectivity index (χ1n) is 4.58. The highest BCUT2D eigenvalue weighted by Gasteiger charge is 2.07. The Morgan fingerprint density at radius 1 is 1.44 bits per heavy atom. The summed E-state index contributed by atoms with van der Waals surface area (Å²) < 4.78 is 0.856. The van der Waals surface area contributed by atoms with Crippen molar-refractivity contribution in [1.82, 2.24) is 9.97 Å². The van der Waals surface area contributed by atoms with Gasteiger partial charge in [0.15, 0.2) is 10.9 Å². The topological polar surface area (TPSA) is 37.8 Å². The second kappa shape index (κ2) is 4.69. The lowest BCUT2D eigenvalue weighted by Crippen LogP contribution is -1.93. The van der Waals surface area contributed by atoms with E-state index < -0.39 is 0 Å². The first kappa shape index (κ1) is 11.8. The summed E-state index contributed by atoms with van der Waals surface area (Å²) in [6.07, 6.45) is 1.70. The summed E-state index contributed by atoms with van der Waals surface area (Å²) in [5.74, 6) is 0.624. The Morgan fingerprint density at radius 2 is 2.19 bits per heavy atom. The van der Waals surface area contributed by atoms with Crippen LogP contribution in [-0.4, -0.2) is 9.97 Å². The van der Waals surface area contributed by atoms with Crippen LogP contribution in [0.15, 0.2) is 16.7 Å². The van der Waals surface area contributed by atoms with Crippen LogP contribution in [0.2, 0.25) is 5.02 Å². The van der Waals surface area contributed by atoms with E-state index in [2.05, 4.69) is 31.2 Å². The van der Waals surface area contributed by atoms with Crippen LogP contribution in [-0.2, 0) is 0 Å². The molecule has 0 bridgehead atoms. The molecule has 0 saturated heterocycles. The Morgan fingerprint density at radius 3 is 2.75 bits per heavy atom. The summed E-state index contributed by atoms with van der Waals surface area (Å²) in [4.78, 5) is 9.75. The maximum absolute atomic E-state index is 6.05. The molecule has 0 fully saturated rings. The van der Waals surface area contributed by atoms with Gasteiger partial charge in [-0.3, -0.25) is 0 Å². The molecule has 6 heteroatoms. The second-order valence-corrected chi connectivity index (χ2v) is 5.80. The summed E-state index contributed by atoms with van der Waals surface area (Å²) in [7, 11) is 0. The number of aromatic nitrogens is 2. The molecular weight excluding hydrogens is 310 g/mol. The molecule has 84 valence electrons. The fraction of sp³-hybridized carbons (Fsp3) is 0.200. The fourth-order valence-electron chi connectivity index (χ4n) is 1.13. The van der Waals surface area contributed by atoms with Gasteiger partial charge < -0.3 is 5.32 Å². The third-order valence-electron chi connectivity index (χ3n) is 2.06. The monoisotopic (exact) mass is 317 g/mol. The summed E-state index contributed by atoms with van der Waals surface area (Å²) in [6.45, 7) is 4.02. The maximum Gasteiger partial charge on any atom is 0.188 e. The predicted molar refractivity (Wildman–Crippen MR) is 71.8 cm³/mol. The van der Waals surface area contributed by atoms with E-state index in [0.717, 1.165) is 15.3 Å². The largest absolute Gasteiger partial charge is 0.315 e. The smallest absolute Gasteiger partial charge is 0.188 e. The molecule has 2 aromatic heterocycles. The van der Waals surface area contributed by atoms with Gasteiger partial charge in [-0.2, -0.15) is 0 Å². The van der Waals surface area contributed by atoms with Gasteiger partial charge >= 0.3 is 0 Å². The summed E-state index contributed by atoms with van der Waals surface area (Å²) in [5.41, 5.74) is 1.03. The number of hydrogen-bond acceptors (Lipinski definition) is 4. The van der Waals surface area contributed by atoms with Crippen molar-refractivity contribution in [3.8, 4) is 0 Å². The molecular formula is C10H9BrClN3S. The third kappa shape index (κ3) is 2.53. The van der Waals surface area contributed by atoms with Gasteiger partial charge in [0.1, 0.15) is 0 Å². The Labute approximate surface area is 111 Å². The average Bonchev–Trinajstić information content (AvgIpc) is 2.51. The van der Waals surface area contributed by atoms with Crippen molar-refractivity contribution in [3.63, 3.8) is 0 Å². The summed E-state index contributed by atoms with van der Waals surface area (Å²) in [6, 6.07) is 1.80. The van der Waals surface area contributed by atoms with Crippen LogP contribution in [0.1, 0.15) is 10.6 Å². The molecule has 2 aromatic rings. The first-order valence-corrected chi connectivity index (χ1v) is 6.57. The molecule has 0 spiro atoms. The lowest BCUT2D eigenvalue weighted by molar-refractivity contribution is 1.21. The molecule has 2 rings (SSSR count). The number of rotatable bonds is 2. The number of pyridine rings is 1. The van der Waals surface area contributed by atoms with Crippen LogP contribution in [0.5, 0.6) is 0 Å². The molecule has 0 radical (unpaired) electrons. The molecule has 16 heavy (non-hydrogen) atoms. The van der Waals surface area contributed by atoms with Crippen molar-refractivity contribution in [2.45, 2.75) is 13.8 Å². The average molecular weight is 319 g/mol. The molecule has 0 atom stereocenters. The first-order chi connectivity index (χ1) is 7.56. The molecule has 0 aliphatic carbocycles. The molecule has 1 N–H and O–H groups in total. The molecule has 0 saturated carbocycles. The fourth-order valence-corrected chi connectivity index (χ4v) is 2.62. The number of thiazole rings is 1. The van der Waals surface area contributed by atoms with Crippen LogP contribution in [0.25, 0.3) is 0 Å². The number of halogens is 2. The minimum atomic E-state index is 0.569. The van der Waals surface area contributed by atoms with Crippen LogP contribution >= 0.6 is 38.9 Å². The Bertz CT molecular complexity index is 507. The van der Waals surface area contributed by atoms with Crippen molar-refractivity contribution in [2.75, 3.05) is 5.32 Å². The van der Waals surface area contributed by atoms with Gasteiger partial charge in [-0.15, -0.1) is 11.3 Å². The van der Waals surface area contributed by atoms with Crippen molar-refractivity contribution >= 4 is 49.8 Å². The van der Waals surface area contributed by atoms with Gasteiger partial charge in [-0.05, 0) is 35.8 Å². The number of nitrogens with zero attached hydrogens (tertiary/aromatic N) is 2. The van der Waals surface area contributed by atoms with Gasteiger partial charge in [0, 0.05) is 15.5 Å². The van der Waals surface area contributed by atoms with E-state index in [9.17, 15) is 0 Å². The van der Waals surface area contributed by atoms with Crippen molar-refractivity contribution in [3.05, 3.63) is 32.3 Å². The summed E-state index contributed by atoms with van der Waals surface area (Å²) in [5, 5.41) is 4.49. The number of nitrogens with one attached hydrogen (secondary N) is 1. The zero-order valence-corrected chi connectivity index (χ0v) is 11.9.